The first kappa shape index (κ1) is 27.9. The van der Waals surface area contributed by atoms with Crippen molar-refractivity contribution in [3.05, 3.63) is 90.6 Å². The first-order chi connectivity index (χ1) is 16.9. The maximum atomic E-state index is 12.8. The molecule has 2 aromatic carbocycles. The molecule has 2 aliphatic rings. The molecule has 0 N–H and O–H groups in total. The lowest BCUT2D eigenvalue weighted by Crippen LogP contribution is -2.44. The van der Waals surface area contributed by atoms with E-state index in [4.69, 9.17) is 10.00 Å². The molecule has 1 aliphatic carbocycles. The van der Waals surface area contributed by atoms with Crippen LogP contribution in [0.3, 0.4) is 0 Å². The Bertz CT molecular complexity index is 1090. The lowest BCUT2D eigenvalue weighted by Gasteiger charge is -2.42. The van der Waals surface area contributed by atoms with Gasteiger partial charge in [-0.3, -0.25) is 4.79 Å². The number of nitriles is 1. The second-order valence-electron chi connectivity index (χ2n) is 9.08. The molecule has 1 spiro atoms. The minimum atomic E-state index is -0.293. The zero-order chi connectivity index (χ0) is 25.8. The average Bonchev–Trinajstić information content (AvgIpc) is 2.90. The number of carbonyl (C=O) groups excluding carboxylic acids is 1. The van der Waals surface area contributed by atoms with Gasteiger partial charge in [-0.15, -0.1) is 0 Å². The van der Waals surface area contributed by atoms with Crippen LogP contribution in [0.5, 0.6) is 5.75 Å². The minimum absolute atomic E-state index is 0.175. The van der Waals surface area contributed by atoms with Crippen LogP contribution in [0.4, 0.5) is 0 Å². The molecular weight excluding hydrogens is 430 g/mol. The van der Waals surface area contributed by atoms with E-state index in [9.17, 15) is 4.79 Å². The molecule has 0 radical (unpaired) electrons. The number of hydrogen-bond acceptors (Lipinski definition) is 3. The van der Waals surface area contributed by atoms with Gasteiger partial charge >= 0.3 is 0 Å². The summed E-state index contributed by atoms with van der Waals surface area (Å²) < 4.78 is 6.34. The van der Waals surface area contributed by atoms with Crippen molar-refractivity contribution >= 4 is 5.78 Å². The number of allylic oxidation sites excluding steroid dienone is 4. The first-order valence-corrected chi connectivity index (χ1v) is 12.7. The summed E-state index contributed by atoms with van der Waals surface area (Å²) in [5.74, 6) is 1.61. The molecule has 0 bridgehead atoms. The third kappa shape index (κ3) is 7.55. The Morgan fingerprint density at radius 3 is 2.49 bits per heavy atom. The molecule has 1 heterocycles. The molecule has 35 heavy (non-hydrogen) atoms. The summed E-state index contributed by atoms with van der Waals surface area (Å²) in [4.78, 5) is 12.8. The van der Waals surface area contributed by atoms with E-state index in [0.717, 1.165) is 54.7 Å². The van der Waals surface area contributed by atoms with E-state index in [0.29, 0.717) is 23.3 Å². The van der Waals surface area contributed by atoms with Gasteiger partial charge in [0.2, 0.25) is 0 Å². The van der Waals surface area contributed by atoms with Crippen LogP contribution in [0.15, 0.2) is 79.4 Å². The number of ketones is 1. The van der Waals surface area contributed by atoms with Crippen molar-refractivity contribution in [2.45, 2.75) is 71.8 Å². The van der Waals surface area contributed by atoms with Crippen molar-refractivity contribution in [3.8, 4) is 22.9 Å². The van der Waals surface area contributed by atoms with Gasteiger partial charge in [0.1, 0.15) is 11.4 Å². The molecule has 3 nitrogen and oxygen atoms in total. The van der Waals surface area contributed by atoms with Crippen molar-refractivity contribution in [2.75, 3.05) is 0 Å². The van der Waals surface area contributed by atoms with Crippen LogP contribution in [0.25, 0.3) is 11.1 Å². The van der Waals surface area contributed by atoms with E-state index in [-0.39, 0.29) is 11.4 Å². The van der Waals surface area contributed by atoms with Crippen molar-refractivity contribution in [1.82, 2.24) is 0 Å². The molecule has 2 aromatic rings. The highest BCUT2D eigenvalue weighted by atomic mass is 16.5. The second kappa shape index (κ2) is 13.5. The lowest BCUT2D eigenvalue weighted by atomic mass is 9.75. The zero-order valence-corrected chi connectivity index (χ0v) is 21.8. The molecule has 0 atom stereocenters. The van der Waals surface area contributed by atoms with Gasteiger partial charge in [0.05, 0.1) is 23.6 Å². The Morgan fingerprint density at radius 1 is 1.17 bits per heavy atom. The number of fused-ring (bicyclic) bond motifs is 1. The molecule has 0 aromatic heterocycles. The largest absolute Gasteiger partial charge is 0.486 e. The lowest BCUT2D eigenvalue weighted by molar-refractivity contribution is 0.00404. The summed E-state index contributed by atoms with van der Waals surface area (Å²) in [6.07, 6.45) is 11.3. The number of benzene rings is 2. The van der Waals surface area contributed by atoms with Crippen LogP contribution >= 0.6 is 0 Å². The fourth-order valence-electron chi connectivity index (χ4n) is 4.33. The van der Waals surface area contributed by atoms with Crippen LogP contribution in [-0.2, 0) is 0 Å². The van der Waals surface area contributed by atoms with Crippen molar-refractivity contribution in [2.24, 2.45) is 5.92 Å². The summed E-state index contributed by atoms with van der Waals surface area (Å²) in [5.41, 5.74) is 4.03. The van der Waals surface area contributed by atoms with Gasteiger partial charge in [-0.05, 0) is 73.4 Å². The highest BCUT2D eigenvalue weighted by Crippen LogP contribution is 2.44. The fourth-order valence-corrected chi connectivity index (χ4v) is 4.33. The van der Waals surface area contributed by atoms with Gasteiger partial charge in [0.15, 0.2) is 5.78 Å². The summed E-state index contributed by atoms with van der Waals surface area (Å²) in [6.45, 7) is 15.7. The predicted octanol–water partition coefficient (Wildman–Crippen LogP) is 8.86. The summed E-state index contributed by atoms with van der Waals surface area (Å²) in [6, 6.07) is 15.4. The first-order valence-electron chi connectivity index (χ1n) is 12.7. The summed E-state index contributed by atoms with van der Waals surface area (Å²) >= 11 is 0. The van der Waals surface area contributed by atoms with Crippen molar-refractivity contribution < 1.29 is 9.53 Å². The fraction of sp³-hybridized carbons (Fsp3) is 0.375. The molecule has 1 fully saturated rings. The van der Waals surface area contributed by atoms with Gasteiger partial charge < -0.3 is 4.74 Å². The maximum absolute atomic E-state index is 12.8. The van der Waals surface area contributed by atoms with Crippen LogP contribution in [0.2, 0.25) is 0 Å². The van der Waals surface area contributed by atoms with Gasteiger partial charge in [-0.1, -0.05) is 82.9 Å². The molecule has 1 saturated carbocycles. The number of nitrogens with zero attached hydrogens (tertiary/aromatic N) is 1. The third-order valence-corrected chi connectivity index (χ3v) is 6.52. The second-order valence-corrected chi connectivity index (χ2v) is 9.08. The number of Topliss-reactive ketones (excluding diaryl/α,β-unsaturated/α-hetero) is 1. The smallest absolute Gasteiger partial charge is 0.170 e. The Hall–Kier alpha value is -3.38. The topological polar surface area (TPSA) is 50.1 Å². The zero-order valence-electron chi connectivity index (χ0n) is 21.8. The van der Waals surface area contributed by atoms with E-state index >= 15 is 0 Å². The SMILES string of the molecule is C=C/C=C\C(=C)CC.CC.CC1CCC2(CC1)CC(=O)c1cc(-c3cccc(C#N)c3)ccc1O2. The normalized spacial score (nSPS) is 20.3. The van der Waals surface area contributed by atoms with E-state index in [1.807, 2.05) is 62.4 Å². The van der Waals surface area contributed by atoms with Gasteiger partial charge in [0.25, 0.3) is 0 Å². The van der Waals surface area contributed by atoms with Gasteiger partial charge in [-0.2, -0.15) is 5.26 Å². The highest BCUT2D eigenvalue weighted by molar-refractivity contribution is 6.01. The van der Waals surface area contributed by atoms with E-state index < -0.39 is 0 Å². The Balaban J connectivity index is 0.000000371. The molecule has 0 unspecified atom stereocenters. The molecule has 184 valence electrons. The molecule has 0 saturated heterocycles. The summed E-state index contributed by atoms with van der Waals surface area (Å²) in [7, 11) is 0. The predicted molar refractivity (Wildman–Crippen MR) is 147 cm³/mol. The molecule has 1 aliphatic heterocycles. The minimum Gasteiger partial charge on any atom is -0.486 e. The van der Waals surface area contributed by atoms with Gasteiger partial charge in [-0.25, -0.2) is 0 Å². The quantitative estimate of drug-likeness (QED) is 0.420. The van der Waals surface area contributed by atoms with Crippen LogP contribution in [-0.4, -0.2) is 11.4 Å². The van der Waals surface area contributed by atoms with E-state index in [1.165, 1.54) is 0 Å². The Labute approximate surface area is 211 Å². The van der Waals surface area contributed by atoms with Crippen molar-refractivity contribution in [3.63, 3.8) is 0 Å². The van der Waals surface area contributed by atoms with Gasteiger partial charge in [0, 0.05) is 0 Å². The maximum Gasteiger partial charge on any atom is 0.170 e. The standard InChI is InChI=1S/C22H21NO2.C8H12.C2H6/c1-15-7-9-22(10-8-15)13-20(24)19-12-18(5-6-21(19)25-22)17-4-2-3-16(11-17)14-23;1-4-6-7-8(3)5-2;1-2/h2-6,11-12,15H,7-10,13H2,1H3;4,6-7H,1,3,5H2,2H3;1-2H3/b;7-6-;. The average molecular weight is 470 g/mol. The highest BCUT2D eigenvalue weighted by Gasteiger charge is 2.42. The van der Waals surface area contributed by atoms with Crippen molar-refractivity contribution in [1.29, 1.82) is 5.26 Å². The Morgan fingerprint density at radius 2 is 1.86 bits per heavy atom. The number of ether oxygens (including phenoxy) is 1. The Kier molecular flexibility index (Phi) is 10.7. The van der Waals surface area contributed by atoms with E-state index in [1.54, 1.807) is 12.1 Å². The molecule has 3 heteroatoms. The molecular formula is C32H39NO2. The summed E-state index contributed by atoms with van der Waals surface area (Å²) in [5, 5.41) is 9.08. The monoisotopic (exact) mass is 469 g/mol. The number of carbonyl (C=O) groups is 1. The van der Waals surface area contributed by atoms with Crippen LogP contribution in [0.1, 0.15) is 82.1 Å². The van der Waals surface area contributed by atoms with Crippen LogP contribution in [0, 0.1) is 17.2 Å². The number of hydrogen-bond donors (Lipinski definition) is 0. The molecule has 0 amide bonds. The van der Waals surface area contributed by atoms with E-state index in [2.05, 4.69) is 33.1 Å². The van der Waals surface area contributed by atoms with Crippen LogP contribution < -0.4 is 4.74 Å². The molecule has 4 rings (SSSR count). The third-order valence-electron chi connectivity index (χ3n) is 6.52. The number of rotatable bonds is 4.